The van der Waals surface area contributed by atoms with Gasteiger partial charge in [0.15, 0.2) is 6.29 Å². The van der Waals surface area contributed by atoms with Crippen molar-refractivity contribution in [1.82, 2.24) is 0 Å². The van der Waals surface area contributed by atoms with Gasteiger partial charge in [0.2, 0.25) is 5.79 Å². The molecule has 2 fully saturated rings. The van der Waals surface area contributed by atoms with Gasteiger partial charge < -0.3 is 54.7 Å². The lowest BCUT2D eigenvalue weighted by molar-refractivity contribution is -0.383. The van der Waals surface area contributed by atoms with Crippen molar-refractivity contribution in [2.24, 2.45) is 0 Å². The van der Waals surface area contributed by atoms with Gasteiger partial charge in [-0.2, -0.15) is 0 Å². The predicted octanol–water partition coefficient (Wildman–Crippen LogP) is -0.924. The highest BCUT2D eigenvalue weighted by Gasteiger charge is 2.58. The Morgan fingerprint density at radius 3 is 1.97 bits per heavy atom. The van der Waals surface area contributed by atoms with Crippen molar-refractivity contribution >= 4 is 5.97 Å². The van der Waals surface area contributed by atoms with Crippen molar-refractivity contribution in [2.75, 3.05) is 19.8 Å². The minimum atomic E-state index is -2.27. The average molecular weight is 525 g/mol. The summed E-state index contributed by atoms with van der Waals surface area (Å²) in [4.78, 5) is 12.1. The third-order valence-electron chi connectivity index (χ3n) is 6.78. The van der Waals surface area contributed by atoms with E-state index < -0.39 is 80.6 Å². The van der Waals surface area contributed by atoms with Crippen molar-refractivity contribution in [3.63, 3.8) is 0 Å². The summed E-state index contributed by atoms with van der Waals surface area (Å²) in [5.74, 6) is -2.76. The smallest absolute Gasteiger partial charge is 0.305 e. The molecule has 2 saturated heterocycles. The third-order valence-corrected chi connectivity index (χ3v) is 6.78. The second-order valence-corrected chi connectivity index (χ2v) is 9.64. The van der Waals surface area contributed by atoms with Gasteiger partial charge in [-0.05, 0) is 6.42 Å². The number of hydrogen-bond acceptors (Lipinski definition) is 12. The topological polar surface area (TPSA) is 196 Å². The molecule has 212 valence electrons. The summed E-state index contributed by atoms with van der Waals surface area (Å²) in [5.41, 5.74) is 0. The molecule has 0 bridgehead atoms. The van der Waals surface area contributed by atoms with Crippen molar-refractivity contribution in [2.45, 2.75) is 126 Å². The van der Waals surface area contributed by atoms with E-state index in [9.17, 15) is 40.5 Å². The summed E-state index contributed by atoms with van der Waals surface area (Å²) in [6.07, 6.45) is -2.81. The molecule has 7 N–H and O–H groups in total. The highest BCUT2D eigenvalue weighted by molar-refractivity contribution is 5.69. The number of rotatable bonds is 16. The van der Waals surface area contributed by atoms with Crippen LogP contribution in [0.5, 0.6) is 0 Å². The first-order valence-corrected chi connectivity index (χ1v) is 13.0. The van der Waals surface area contributed by atoms with Crippen LogP contribution in [0.1, 0.15) is 71.1 Å². The van der Waals surface area contributed by atoms with Gasteiger partial charge in [0.25, 0.3) is 0 Å². The average Bonchev–Trinajstić information content (AvgIpc) is 3.12. The molecule has 12 heteroatoms. The predicted molar refractivity (Wildman–Crippen MR) is 124 cm³/mol. The molecule has 0 amide bonds. The molecule has 0 aromatic carbocycles. The van der Waals surface area contributed by atoms with Crippen molar-refractivity contribution in [3.05, 3.63) is 0 Å². The van der Waals surface area contributed by atoms with Crippen LogP contribution in [0.3, 0.4) is 0 Å². The lowest BCUT2D eigenvalue weighted by Gasteiger charge is -2.43. The normalized spacial score (nSPS) is 36.8. The van der Waals surface area contributed by atoms with E-state index in [1.165, 1.54) is 32.1 Å². The van der Waals surface area contributed by atoms with E-state index in [0.29, 0.717) is 6.42 Å². The first-order chi connectivity index (χ1) is 17.2. The van der Waals surface area contributed by atoms with Crippen molar-refractivity contribution in [1.29, 1.82) is 0 Å². The lowest BCUT2D eigenvalue weighted by atomic mass is 9.99. The molecule has 0 spiro atoms. The number of esters is 1. The van der Waals surface area contributed by atoms with Crippen LogP contribution in [-0.2, 0) is 23.7 Å². The first kappa shape index (κ1) is 31.3. The summed E-state index contributed by atoms with van der Waals surface area (Å²) in [7, 11) is 0. The molecule has 2 aliphatic heterocycles. The molecule has 0 aromatic heterocycles. The zero-order valence-electron chi connectivity index (χ0n) is 21.0. The Kier molecular flexibility index (Phi) is 13.4. The molecule has 2 heterocycles. The third kappa shape index (κ3) is 8.29. The van der Waals surface area contributed by atoms with Gasteiger partial charge in [-0.3, -0.25) is 4.79 Å². The maximum absolute atomic E-state index is 12.1. The van der Waals surface area contributed by atoms with Crippen LogP contribution < -0.4 is 0 Å². The van der Waals surface area contributed by atoms with Gasteiger partial charge in [0.05, 0.1) is 6.61 Å². The van der Waals surface area contributed by atoms with Crippen LogP contribution >= 0.6 is 0 Å². The van der Waals surface area contributed by atoms with E-state index in [1.54, 1.807) is 0 Å². The molecule has 0 radical (unpaired) electrons. The number of aliphatic hydroxyl groups is 7. The molecule has 9 atom stereocenters. The number of unbranched alkanes of at least 4 members (excludes halogenated alkanes) is 8. The number of ether oxygens (including phenoxy) is 4. The van der Waals surface area contributed by atoms with Gasteiger partial charge in [-0.25, -0.2) is 0 Å². The molecule has 36 heavy (non-hydrogen) atoms. The fourth-order valence-corrected chi connectivity index (χ4v) is 4.45. The van der Waals surface area contributed by atoms with Crippen LogP contribution in [0.15, 0.2) is 0 Å². The maximum Gasteiger partial charge on any atom is 0.305 e. The Balaban J connectivity index is 1.80. The monoisotopic (exact) mass is 524 g/mol. The number of carbonyl (C=O) groups is 1. The Morgan fingerprint density at radius 2 is 1.42 bits per heavy atom. The van der Waals surface area contributed by atoms with Gasteiger partial charge >= 0.3 is 5.97 Å². The first-order valence-electron chi connectivity index (χ1n) is 13.0. The molecule has 2 aliphatic rings. The van der Waals surface area contributed by atoms with Gasteiger partial charge in [0.1, 0.15) is 55.9 Å². The number of carbonyl (C=O) groups excluding carboxylic acids is 1. The summed E-state index contributed by atoms with van der Waals surface area (Å²) < 4.78 is 21.3. The number of aliphatic hydroxyl groups excluding tert-OH is 7. The van der Waals surface area contributed by atoms with Crippen LogP contribution in [0.2, 0.25) is 0 Å². The number of hydrogen-bond donors (Lipinski definition) is 7. The second-order valence-electron chi connectivity index (χ2n) is 9.64. The summed E-state index contributed by atoms with van der Waals surface area (Å²) in [6.45, 7) is 0.0841. The molecule has 2 rings (SSSR count). The van der Waals surface area contributed by atoms with Gasteiger partial charge in [0, 0.05) is 6.42 Å². The van der Waals surface area contributed by atoms with Gasteiger partial charge in [-0.15, -0.1) is 0 Å². The summed E-state index contributed by atoms with van der Waals surface area (Å²) in [6, 6.07) is 0. The zero-order valence-corrected chi connectivity index (χ0v) is 21.0. The minimum Gasteiger partial charge on any atom is -0.463 e. The van der Waals surface area contributed by atoms with Crippen molar-refractivity contribution < 1.29 is 59.5 Å². The fourth-order valence-electron chi connectivity index (χ4n) is 4.45. The highest BCUT2D eigenvalue weighted by atomic mass is 16.8. The highest BCUT2D eigenvalue weighted by Crippen LogP contribution is 2.36. The minimum absolute atomic E-state index is 0.192. The second kappa shape index (κ2) is 15.5. The van der Waals surface area contributed by atoms with E-state index in [0.717, 1.165) is 19.3 Å². The molecule has 0 unspecified atom stereocenters. The van der Waals surface area contributed by atoms with Crippen molar-refractivity contribution in [3.8, 4) is 0 Å². The maximum atomic E-state index is 12.1. The van der Waals surface area contributed by atoms with Crippen LogP contribution in [0.25, 0.3) is 0 Å². The Bertz CT molecular complexity index is 636. The van der Waals surface area contributed by atoms with E-state index in [4.69, 9.17) is 18.9 Å². The standard InChI is InChI=1S/C24H44O12/c1-2-3-4-5-6-7-8-9-10-11-17(27)33-13-16-18(28)20(30)21(31)23(34-16)36-24(14-26)22(32)19(29)15(12-25)35-24/h15-16,18-23,25-26,28-32H,2-14H2,1H3/t15-,16-,18-,19+,20+,21-,22-,23-,24+/m1/s1. The van der Waals surface area contributed by atoms with E-state index in [2.05, 4.69) is 6.92 Å². The van der Waals surface area contributed by atoms with E-state index in [-0.39, 0.29) is 6.42 Å². The Morgan fingerprint density at radius 1 is 0.806 bits per heavy atom. The van der Waals surface area contributed by atoms with E-state index >= 15 is 0 Å². The SMILES string of the molecule is CCCCCCCCCCCC(=O)OC[C@H]1O[C@H](O[C@]2(CO)O[C@H](CO)[C@H](O)[C@H]2O)[C@H](O)[C@@H](O)[C@@H]1O. The zero-order chi connectivity index (χ0) is 26.7. The van der Waals surface area contributed by atoms with Crippen LogP contribution in [0.4, 0.5) is 0 Å². The molecular weight excluding hydrogens is 480 g/mol. The van der Waals surface area contributed by atoms with E-state index in [1.807, 2.05) is 0 Å². The Labute approximate surface area is 211 Å². The largest absolute Gasteiger partial charge is 0.463 e. The lowest BCUT2D eigenvalue weighted by Crippen LogP contribution is -2.62. The molecule has 0 aliphatic carbocycles. The molecule has 12 nitrogen and oxygen atoms in total. The van der Waals surface area contributed by atoms with Crippen LogP contribution in [-0.4, -0.2) is 116 Å². The van der Waals surface area contributed by atoms with Crippen LogP contribution in [0, 0.1) is 0 Å². The quantitative estimate of drug-likeness (QED) is 0.0970. The summed E-state index contributed by atoms with van der Waals surface area (Å²) in [5, 5.41) is 70.1. The summed E-state index contributed by atoms with van der Waals surface area (Å²) >= 11 is 0. The van der Waals surface area contributed by atoms with Gasteiger partial charge in [-0.1, -0.05) is 58.3 Å². The molecular formula is C24H44O12. The molecule has 0 aromatic rings. The fraction of sp³-hybridized carbons (Fsp3) is 0.958. The molecule has 0 saturated carbocycles. The Hall–Kier alpha value is -0.930.